The second-order valence-corrected chi connectivity index (χ2v) is 3.48. The van der Waals surface area contributed by atoms with E-state index in [9.17, 15) is 9.90 Å². The highest BCUT2D eigenvalue weighted by atomic mass is 16.4. The molecule has 0 rings (SSSR count). The minimum absolute atomic E-state index is 0.217. The van der Waals surface area contributed by atoms with Crippen molar-refractivity contribution in [3.05, 3.63) is 0 Å². The van der Waals surface area contributed by atoms with Crippen LogP contribution in [0.15, 0.2) is 0 Å². The summed E-state index contributed by atoms with van der Waals surface area (Å²) in [4.78, 5) is 10.2. The summed E-state index contributed by atoms with van der Waals surface area (Å²) < 4.78 is 0. The lowest BCUT2D eigenvalue weighted by molar-refractivity contribution is -0.144. The normalized spacial score (nSPS) is 13.5. The molecule has 0 amide bonds. The molecule has 11 heavy (non-hydrogen) atoms. The van der Waals surface area contributed by atoms with E-state index in [1.807, 2.05) is 6.92 Å². The van der Waals surface area contributed by atoms with E-state index in [1.54, 1.807) is 0 Å². The molecule has 0 saturated heterocycles. The summed E-state index contributed by atoms with van der Waals surface area (Å²) in [5, 5.41) is 10.2. The number of carbonyl (C=O) groups is 1. The lowest BCUT2D eigenvalue weighted by atomic mass is 9.92. The number of hydrogen-bond acceptors (Lipinski definition) is 1. The summed E-state index contributed by atoms with van der Waals surface area (Å²) in [5.41, 5.74) is 0. The third kappa shape index (κ3) is 5.89. The molecule has 0 fully saturated rings. The van der Waals surface area contributed by atoms with E-state index in [-0.39, 0.29) is 6.42 Å². The molecule has 0 aromatic rings. The summed E-state index contributed by atoms with van der Waals surface area (Å²) in [7, 11) is 0. The molecule has 0 aliphatic rings. The van der Waals surface area contributed by atoms with Gasteiger partial charge in [-0.15, -0.1) is 0 Å². The molecule has 0 N–H and O–H groups in total. The van der Waals surface area contributed by atoms with Crippen LogP contribution in [0, 0.1) is 11.8 Å². The third-order valence-electron chi connectivity index (χ3n) is 1.84. The second-order valence-electron chi connectivity index (χ2n) is 3.48. The fourth-order valence-corrected chi connectivity index (χ4v) is 1.30. The minimum Gasteiger partial charge on any atom is -0.247 e. The third-order valence-corrected chi connectivity index (χ3v) is 1.84. The molecule has 2 nitrogen and oxygen atoms in total. The summed E-state index contributed by atoms with van der Waals surface area (Å²) >= 11 is 0. The van der Waals surface area contributed by atoms with E-state index in [0.717, 1.165) is 12.8 Å². The van der Waals surface area contributed by atoms with Gasteiger partial charge in [0.05, 0.1) is 6.42 Å². The molecule has 1 radical (unpaired) electrons. The predicted octanol–water partition coefficient (Wildman–Crippen LogP) is 2.41. The van der Waals surface area contributed by atoms with Crippen LogP contribution in [0.2, 0.25) is 0 Å². The van der Waals surface area contributed by atoms with Gasteiger partial charge in [-0.05, 0) is 18.3 Å². The van der Waals surface area contributed by atoms with Crippen molar-refractivity contribution in [2.24, 2.45) is 11.8 Å². The highest BCUT2D eigenvalue weighted by Crippen LogP contribution is 2.18. The van der Waals surface area contributed by atoms with E-state index >= 15 is 0 Å². The predicted molar refractivity (Wildman–Crippen MR) is 43.5 cm³/mol. The van der Waals surface area contributed by atoms with Gasteiger partial charge in [-0.2, -0.15) is 0 Å². The summed E-state index contributed by atoms with van der Waals surface area (Å²) in [6.45, 7) is 6.24. The maximum absolute atomic E-state index is 10.2. The number of carbonyl (C=O) groups excluding carboxylic acids is 1. The Morgan fingerprint density at radius 2 is 1.91 bits per heavy atom. The van der Waals surface area contributed by atoms with E-state index in [0.29, 0.717) is 11.8 Å². The van der Waals surface area contributed by atoms with Crippen LogP contribution in [-0.4, -0.2) is 5.97 Å². The van der Waals surface area contributed by atoms with Crippen molar-refractivity contribution in [2.45, 2.75) is 40.0 Å². The molecule has 1 atom stereocenters. The molecule has 0 aliphatic heterocycles. The van der Waals surface area contributed by atoms with Crippen molar-refractivity contribution in [2.75, 3.05) is 0 Å². The maximum atomic E-state index is 10.2. The Kier molecular flexibility index (Phi) is 4.92. The Morgan fingerprint density at radius 1 is 1.36 bits per heavy atom. The van der Waals surface area contributed by atoms with Crippen LogP contribution < -0.4 is 0 Å². The smallest absolute Gasteiger partial charge is 0.247 e. The Balaban J connectivity index is 3.66. The Bertz CT molecular complexity index is 119. The standard InChI is InChI=1S/C9H17O2/c1-4-8(5-7(2)3)6-9(10)11/h7-8H,4-6H2,1-3H3. The first kappa shape index (κ1) is 10.5. The molecule has 0 spiro atoms. The summed E-state index contributed by atoms with van der Waals surface area (Å²) in [6.07, 6.45) is 2.14. The van der Waals surface area contributed by atoms with Gasteiger partial charge in [-0.25, -0.2) is 9.90 Å². The van der Waals surface area contributed by atoms with Gasteiger partial charge in [-0.1, -0.05) is 27.2 Å². The van der Waals surface area contributed by atoms with Gasteiger partial charge >= 0.3 is 5.97 Å². The SMILES string of the molecule is CCC(CC([O])=O)CC(C)C. The van der Waals surface area contributed by atoms with E-state index in [1.165, 1.54) is 0 Å². The molecule has 0 aromatic heterocycles. The first-order valence-corrected chi connectivity index (χ1v) is 4.26. The molecule has 0 heterocycles. The monoisotopic (exact) mass is 157 g/mol. The van der Waals surface area contributed by atoms with Crippen molar-refractivity contribution >= 4 is 5.97 Å². The van der Waals surface area contributed by atoms with Gasteiger partial charge in [0.2, 0.25) is 0 Å². The molecular weight excluding hydrogens is 140 g/mol. The van der Waals surface area contributed by atoms with Crippen molar-refractivity contribution in [3.8, 4) is 0 Å². The van der Waals surface area contributed by atoms with Gasteiger partial charge in [-0.3, -0.25) is 0 Å². The molecule has 0 bridgehead atoms. The lowest BCUT2D eigenvalue weighted by Gasteiger charge is -2.13. The van der Waals surface area contributed by atoms with Gasteiger partial charge in [0.15, 0.2) is 0 Å². The fraction of sp³-hybridized carbons (Fsp3) is 0.889. The largest absolute Gasteiger partial charge is 0.355 e. The minimum atomic E-state index is -0.919. The van der Waals surface area contributed by atoms with Gasteiger partial charge in [0.25, 0.3) is 0 Å². The zero-order chi connectivity index (χ0) is 8.85. The van der Waals surface area contributed by atoms with Crippen LogP contribution in [0.25, 0.3) is 0 Å². The van der Waals surface area contributed by atoms with Crippen LogP contribution in [-0.2, 0) is 9.90 Å². The van der Waals surface area contributed by atoms with Crippen molar-refractivity contribution < 1.29 is 9.90 Å². The first-order chi connectivity index (χ1) is 5.06. The average molecular weight is 157 g/mol. The number of hydrogen-bond donors (Lipinski definition) is 0. The molecule has 0 aromatic carbocycles. The quantitative estimate of drug-likeness (QED) is 0.603. The van der Waals surface area contributed by atoms with Crippen LogP contribution >= 0.6 is 0 Å². The van der Waals surface area contributed by atoms with E-state index in [2.05, 4.69) is 13.8 Å². The molecule has 0 saturated carbocycles. The highest BCUT2D eigenvalue weighted by molar-refractivity contribution is 5.66. The molecule has 0 aliphatic carbocycles. The van der Waals surface area contributed by atoms with Gasteiger partial charge in [0, 0.05) is 0 Å². The zero-order valence-corrected chi connectivity index (χ0v) is 7.59. The van der Waals surface area contributed by atoms with Crippen molar-refractivity contribution in [3.63, 3.8) is 0 Å². The Hall–Kier alpha value is -0.530. The zero-order valence-electron chi connectivity index (χ0n) is 7.59. The maximum Gasteiger partial charge on any atom is 0.355 e. The topological polar surface area (TPSA) is 37.0 Å². The summed E-state index contributed by atoms with van der Waals surface area (Å²) in [5.74, 6) is -0.0307. The lowest BCUT2D eigenvalue weighted by Crippen LogP contribution is -2.08. The van der Waals surface area contributed by atoms with Crippen molar-refractivity contribution in [1.29, 1.82) is 0 Å². The highest BCUT2D eigenvalue weighted by Gasteiger charge is 2.13. The van der Waals surface area contributed by atoms with Crippen molar-refractivity contribution in [1.82, 2.24) is 0 Å². The molecule has 1 unspecified atom stereocenters. The van der Waals surface area contributed by atoms with Crippen LogP contribution in [0.5, 0.6) is 0 Å². The van der Waals surface area contributed by atoms with Crippen LogP contribution in [0.3, 0.4) is 0 Å². The fourth-order valence-electron chi connectivity index (χ4n) is 1.30. The Labute approximate surface area is 68.6 Å². The van der Waals surface area contributed by atoms with E-state index in [4.69, 9.17) is 0 Å². The molecular formula is C9H17O2. The summed E-state index contributed by atoms with van der Waals surface area (Å²) in [6, 6.07) is 0. The second kappa shape index (κ2) is 5.16. The Morgan fingerprint density at radius 3 is 2.18 bits per heavy atom. The van der Waals surface area contributed by atoms with Crippen LogP contribution in [0.1, 0.15) is 40.0 Å². The van der Waals surface area contributed by atoms with Gasteiger partial charge < -0.3 is 0 Å². The number of rotatable bonds is 5. The molecule has 2 heteroatoms. The van der Waals surface area contributed by atoms with E-state index < -0.39 is 5.97 Å². The molecule has 65 valence electrons. The first-order valence-electron chi connectivity index (χ1n) is 4.26. The van der Waals surface area contributed by atoms with Gasteiger partial charge in [0.1, 0.15) is 0 Å². The van der Waals surface area contributed by atoms with Crippen LogP contribution in [0.4, 0.5) is 0 Å². The average Bonchev–Trinajstić information content (AvgIpc) is 1.84.